The van der Waals surface area contributed by atoms with Crippen LogP contribution in [-0.2, 0) is 14.3 Å². The second kappa shape index (κ2) is 8.34. The van der Waals surface area contributed by atoms with Gasteiger partial charge in [-0.1, -0.05) is 27.2 Å². The van der Waals surface area contributed by atoms with Gasteiger partial charge in [0, 0.05) is 6.54 Å². The Balaban J connectivity index is 2.52. The van der Waals surface area contributed by atoms with Crippen LogP contribution in [0.2, 0.25) is 0 Å². The van der Waals surface area contributed by atoms with E-state index in [1.807, 2.05) is 25.7 Å². The van der Waals surface area contributed by atoms with Gasteiger partial charge in [-0.3, -0.25) is 9.69 Å². The van der Waals surface area contributed by atoms with Crippen LogP contribution in [0.15, 0.2) is 0 Å². The molecule has 0 saturated carbocycles. The van der Waals surface area contributed by atoms with Crippen LogP contribution in [0.25, 0.3) is 0 Å². The molecule has 1 fully saturated rings. The van der Waals surface area contributed by atoms with Gasteiger partial charge >= 0.3 is 5.97 Å². The third-order valence-electron chi connectivity index (χ3n) is 4.35. The topological polar surface area (TPSA) is 78.9 Å². The van der Waals surface area contributed by atoms with Crippen molar-refractivity contribution in [1.29, 1.82) is 0 Å². The molecule has 1 heterocycles. The molecule has 2 N–H and O–H groups in total. The van der Waals surface area contributed by atoms with Crippen molar-refractivity contribution in [1.82, 2.24) is 10.2 Å². The molecule has 0 aromatic carbocycles. The van der Waals surface area contributed by atoms with E-state index in [-0.39, 0.29) is 24.3 Å². The number of methoxy groups -OCH3 is 1. The molecule has 122 valence electrons. The number of β-amino-alcohol motifs (C(OH)–C–C–N with tert-alkyl or cyclic N) is 1. The van der Waals surface area contributed by atoms with E-state index in [1.54, 1.807) is 0 Å². The van der Waals surface area contributed by atoms with E-state index in [0.717, 1.165) is 19.4 Å². The molecule has 6 nitrogen and oxygen atoms in total. The van der Waals surface area contributed by atoms with E-state index in [2.05, 4.69) is 5.32 Å². The first-order valence-corrected chi connectivity index (χ1v) is 7.66. The normalized spacial score (nSPS) is 26.0. The smallest absolute Gasteiger partial charge is 0.328 e. The number of carbonyl (C=O) groups excluding carboxylic acids is 2. The third kappa shape index (κ3) is 5.28. The van der Waals surface area contributed by atoms with Crippen molar-refractivity contribution >= 4 is 11.9 Å². The van der Waals surface area contributed by atoms with Gasteiger partial charge in [0.15, 0.2) is 0 Å². The van der Waals surface area contributed by atoms with Gasteiger partial charge in [-0.25, -0.2) is 4.79 Å². The summed E-state index contributed by atoms with van der Waals surface area (Å²) in [5, 5.41) is 12.6. The quantitative estimate of drug-likeness (QED) is 0.694. The minimum atomic E-state index is -0.610. The first-order chi connectivity index (χ1) is 9.88. The molecule has 1 aliphatic rings. The molecule has 1 aliphatic heterocycles. The lowest BCUT2D eigenvalue weighted by molar-refractivity contribution is -0.146. The third-order valence-corrected chi connectivity index (χ3v) is 4.35. The van der Waals surface area contributed by atoms with Crippen LogP contribution < -0.4 is 5.32 Å². The standard InChI is InChI=1S/C15H28N2O4/c1-5-10(2)14(15(20)21-4)16-13(19)9-17-7-6-11(3)12(18)8-17/h10-12,14,18H,5-9H2,1-4H3,(H,16,19). The highest BCUT2D eigenvalue weighted by molar-refractivity contribution is 5.85. The molecule has 0 aromatic rings. The maximum atomic E-state index is 12.1. The number of ether oxygens (including phenoxy) is 1. The highest BCUT2D eigenvalue weighted by atomic mass is 16.5. The Morgan fingerprint density at radius 2 is 2.14 bits per heavy atom. The molecular formula is C15H28N2O4. The van der Waals surface area contributed by atoms with Gasteiger partial charge in [-0.05, 0) is 24.8 Å². The maximum absolute atomic E-state index is 12.1. The Kier molecular flexibility index (Phi) is 7.11. The van der Waals surface area contributed by atoms with Crippen molar-refractivity contribution in [3.63, 3.8) is 0 Å². The number of nitrogens with one attached hydrogen (secondary N) is 1. The summed E-state index contributed by atoms with van der Waals surface area (Å²) in [6, 6.07) is -0.610. The zero-order valence-corrected chi connectivity index (χ0v) is 13.5. The first kappa shape index (κ1) is 17.9. The van der Waals surface area contributed by atoms with Crippen molar-refractivity contribution in [2.45, 2.75) is 45.8 Å². The van der Waals surface area contributed by atoms with Gasteiger partial charge in [0.05, 0.1) is 19.8 Å². The second-order valence-corrected chi connectivity index (χ2v) is 6.02. The van der Waals surface area contributed by atoms with Crippen molar-refractivity contribution in [3.8, 4) is 0 Å². The Bertz CT molecular complexity index is 362. The summed E-state index contributed by atoms with van der Waals surface area (Å²) < 4.78 is 4.75. The molecule has 0 spiro atoms. The SMILES string of the molecule is CCC(C)C(NC(=O)CN1CCC(C)C(O)C1)C(=O)OC. The molecule has 1 amide bonds. The number of likely N-dealkylation sites (tertiary alicyclic amines) is 1. The van der Waals surface area contributed by atoms with E-state index in [1.165, 1.54) is 7.11 Å². The molecule has 1 saturated heterocycles. The number of piperidine rings is 1. The largest absolute Gasteiger partial charge is 0.467 e. The van der Waals surface area contributed by atoms with Crippen molar-refractivity contribution < 1.29 is 19.4 Å². The summed E-state index contributed by atoms with van der Waals surface area (Å²) in [6.45, 7) is 7.38. The number of aliphatic hydroxyl groups excluding tert-OH is 1. The molecule has 21 heavy (non-hydrogen) atoms. The fourth-order valence-electron chi connectivity index (χ4n) is 2.48. The number of carbonyl (C=O) groups is 2. The minimum Gasteiger partial charge on any atom is -0.467 e. The zero-order valence-electron chi connectivity index (χ0n) is 13.5. The van der Waals surface area contributed by atoms with E-state index >= 15 is 0 Å². The molecule has 0 aliphatic carbocycles. The number of aliphatic hydroxyl groups is 1. The predicted octanol–water partition coefficient (Wildman–Crippen LogP) is 0.393. The molecule has 1 rings (SSSR count). The van der Waals surface area contributed by atoms with Crippen molar-refractivity contribution in [2.75, 3.05) is 26.7 Å². The van der Waals surface area contributed by atoms with Gasteiger partial charge in [-0.2, -0.15) is 0 Å². The van der Waals surface area contributed by atoms with E-state index in [0.29, 0.717) is 6.54 Å². The Labute approximate surface area is 126 Å². The number of nitrogens with zero attached hydrogens (tertiary/aromatic N) is 1. The molecular weight excluding hydrogens is 272 g/mol. The number of hydrogen-bond donors (Lipinski definition) is 2. The zero-order chi connectivity index (χ0) is 16.0. The van der Waals surface area contributed by atoms with Crippen LogP contribution in [0.3, 0.4) is 0 Å². The van der Waals surface area contributed by atoms with E-state index in [9.17, 15) is 14.7 Å². The maximum Gasteiger partial charge on any atom is 0.328 e. The summed E-state index contributed by atoms with van der Waals surface area (Å²) in [5.41, 5.74) is 0. The van der Waals surface area contributed by atoms with Crippen LogP contribution in [0, 0.1) is 11.8 Å². The number of esters is 1. The minimum absolute atomic E-state index is 0.0216. The van der Waals surface area contributed by atoms with Gasteiger partial charge in [0.1, 0.15) is 6.04 Å². The van der Waals surface area contributed by atoms with E-state index < -0.39 is 18.1 Å². The van der Waals surface area contributed by atoms with Crippen molar-refractivity contribution in [3.05, 3.63) is 0 Å². The van der Waals surface area contributed by atoms with Crippen LogP contribution in [0.1, 0.15) is 33.6 Å². The Morgan fingerprint density at radius 3 is 2.67 bits per heavy atom. The molecule has 0 radical (unpaired) electrons. The molecule has 0 bridgehead atoms. The summed E-state index contributed by atoms with van der Waals surface area (Å²) >= 11 is 0. The molecule has 4 unspecified atom stereocenters. The highest BCUT2D eigenvalue weighted by Crippen LogP contribution is 2.16. The molecule has 4 atom stereocenters. The van der Waals surface area contributed by atoms with Gasteiger partial charge < -0.3 is 15.2 Å². The van der Waals surface area contributed by atoms with Crippen LogP contribution >= 0.6 is 0 Å². The predicted molar refractivity (Wildman–Crippen MR) is 79.6 cm³/mol. The lowest BCUT2D eigenvalue weighted by Crippen LogP contribution is -2.51. The van der Waals surface area contributed by atoms with Crippen LogP contribution in [0.4, 0.5) is 0 Å². The number of hydrogen-bond acceptors (Lipinski definition) is 5. The average molecular weight is 300 g/mol. The summed E-state index contributed by atoms with van der Waals surface area (Å²) in [5.74, 6) is -0.321. The van der Waals surface area contributed by atoms with Gasteiger partial charge in [0.2, 0.25) is 5.91 Å². The van der Waals surface area contributed by atoms with Gasteiger partial charge in [0.25, 0.3) is 0 Å². The summed E-state index contributed by atoms with van der Waals surface area (Å²) in [6.07, 6.45) is 1.26. The fourth-order valence-corrected chi connectivity index (χ4v) is 2.48. The lowest BCUT2D eigenvalue weighted by atomic mass is 9.96. The monoisotopic (exact) mass is 300 g/mol. The summed E-state index contributed by atoms with van der Waals surface area (Å²) in [7, 11) is 1.33. The second-order valence-electron chi connectivity index (χ2n) is 6.02. The highest BCUT2D eigenvalue weighted by Gasteiger charge is 2.29. The van der Waals surface area contributed by atoms with Crippen LogP contribution in [-0.4, -0.2) is 60.8 Å². The summed E-state index contributed by atoms with van der Waals surface area (Å²) in [4.78, 5) is 25.8. The number of amides is 1. The fraction of sp³-hybridized carbons (Fsp3) is 0.867. The van der Waals surface area contributed by atoms with Crippen LogP contribution in [0.5, 0.6) is 0 Å². The molecule has 6 heteroatoms. The van der Waals surface area contributed by atoms with E-state index in [4.69, 9.17) is 4.74 Å². The van der Waals surface area contributed by atoms with Crippen molar-refractivity contribution in [2.24, 2.45) is 11.8 Å². The van der Waals surface area contributed by atoms with Gasteiger partial charge in [-0.15, -0.1) is 0 Å². The lowest BCUT2D eigenvalue weighted by Gasteiger charge is -2.34. The average Bonchev–Trinajstić information content (AvgIpc) is 2.47. The Morgan fingerprint density at radius 1 is 1.48 bits per heavy atom. The first-order valence-electron chi connectivity index (χ1n) is 7.66. The molecule has 0 aromatic heterocycles. The Hall–Kier alpha value is -1.14. The number of rotatable bonds is 6.